The molecule has 3 nitrogen and oxygen atoms in total. The van der Waals surface area contributed by atoms with E-state index in [-0.39, 0.29) is 11.9 Å². The van der Waals surface area contributed by atoms with E-state index in [2.05, 4.69) is 0 Å². The van der Waals surface area contributed by atoms with E-state index in [1.54, 1.807) is 24.3 Å². The minimum Gasteiger partial charge on any atom is -0.491 e. The second-order valence-electron chi connectivity index (χ2n) is 5.26. The van der Waals surface area contributed by atoms with Crippen LogP contribution in [-0.2, 0) is 0 Å². The summed E-state index contributed by atoms with van der Waals surface area (Å²) in [5, 5.41) is 10.2. The van der Waals surface area contributed by atoms with Gasteiger partial charge in [-0.3, -0.25) is 4.79 Å². The molecule has 3 heteroatoms. The third-order valence-corrected chi connectivity index (χ3v) is 3.34. The maximum Gasteiger partial charge on any atom is 0.194 e. The van der Waals surface area contributed by atoms with Gasteiger partial charge in [-0.2, -0.15) is 0 Å². The molecule has 1 aliphatic carbocycles. The number of rotatable bonds is 4. The summed E-state index contributed by atoms with van der Waals surface area (Å²) in [4.78, 5) is 12.2. The van der Waals surface area contributed by atoms with Gasteiger partial charge in [0, 0.05) is 5.56 Å². The van der Waals surface area contributed by atoms with Crippen LogP contribution in [0, 0.1) is 0 Å². The SMILES string of the molecule is CC(C)Oc1ccc(C(=O)C2(O)CCCC2)cc1. The first-order valence-corrected chi connectivity index (χ1v) is 6.55. The summed E-state index contributed by atoms with van der Waals surface area (Å²) in [7, 11) is 0. The quantitative estimate of drug-likeness (QED) is 0.833. The molecule has 0 unspecified atom stereocenters. The molecule has 0 bridgehead atoms. The Bertz CT molecular complexity index is 414. The van der Waals surface area contributed by atoms with Crippen molar-refractivity contribution in [1.29, 1.82) is 0 Å². The van der Waals surface area contributed by atoms with Gasteiger partial charge in [-0.05, 0) is 63.8 Å². The van der Waals surface area contributed by atoms with Crippen molar-refractivity contribution in [2.45, 2.75) is 51.2 Å². The van der Waals surface area contributed by atoms with Gasteiger partial charge in [0.15, 0.2) is 5.78 Å². The first kappa shape index (κ1) is 13.1. The van der Waals surface area contributed by atoms with Gasteiger partial charge in [0.25, 0.3) is 0 Å². The van der Waals surface area contributed by atoms with Crippen LogP contribution in [0.2, 0.25) is 0 Å². The van der Waals surface area contributed by atoms with E-state index >= 15 is 0 Å². The molecule has 1 aromatic rings. The lowest BCUT2D eigenvalue weighted by atomic mass is 9.91. The Morgan fingerprint density at radius 3 is 2.28 bits per heavy atom. The summed E-state index contributed by atoms with van der Waals surface area (Å²) in [6.07, 6.45) is 3.13. The van der Waals surface area contributed by atoms with Crippen LogP contribution < -0.4 is 4.74 Å². The molecule has 0 radical (unpaired) electrons. The number of Topliss-reactive ketones (excluding diaryl/α,β-unsaturated/α-hetero) is 1. The van der Waals surface area contributed by atoms with Crippen molar-refractivity contribution in [2.24, 2.45) is 0 Å². The van der Waals surface area contributed by atoms with Crippen molar-refractivity contribution in [3.8, 4) is 5.75 Å². The molecular formula is C15H20O3. The highest BCUT2D eigenvalue weighted by atomic mass is 16.5. The monoisotopic (exact) mass is 248 g/mol. The fourth-order valence-corrected chi connectivity index (χ4v) is 2.41. The largest absolute Gasteiger partial charge is 0.491 e. The highest BCUT2D eigenvalue weighted by Crippen LogP contribution is 2.32. The highest BCUT2D eigenvalue weighted by Gasteiger charge is 2.39. The first-order chi connectivity index (χ1) is 8.51. The predicted molar refractivity (Wildman–Crippen MR) is 70.0 cm³/mol. The maximum atomic E-state index is 12.2. The van der Waals surface area contributed by atoms with Gasteiger partial charge in [0.2, 0.25) is 0 Å². The summed E-state index contributed by atoms with van der Waals surface area (Å²) in [5.74, 6) is 0.594. The molecule has 0 spiro atoms. The topological polar surface area (TPSA) is 46.5 Å². The number of ether oxygens (including phenoxy) is 1. The van der Waals surface area contributed by atoms with Crippen LogP contribution in [-0.4, -0.2) is 22.6 Å². The normalized spacial score (nSPS) is 18.0. The van der Waals surface area contributed by atoms with Gasteiger partial charge in [-0.1, -0.05) is 0 Å². The van der Waals surface area contributed by atoms with Gasteiger partial charge >= 0.3 is 0 Å². The first-order valence-electron chi connectivity index (χ1n) is 6.55. The Labute approximate surface area is 108 Å². The molecule has 0 heterocycles. The molecular weight excluding hydrogens is 228 g/mol. The van der Waals surface area contributed by atoms with Gasteiger partial charge < -0.3 is 9.84 Å². The number of ketones is 1. The minimum absolute atomic E-state index is 0.116. The molecule has 0 aliphatic heterocycles. The molecule has 1 aromatic carbocycles. The summed E-state index contributed by atoms with van der Waals surface area (Å²) in [5.41, 5.74) is -0.573. The molecule has 0 atom stereocenters. The maximum absolute atomic E-state index is 12.2. The zero-order valence-electron chi connectivity index (χ0n) is 11.0. The van der Waals surface area contributed by atoms with Crippen molar-refractivity contribution < 1.29 is 14.6 Å². The van der Waals surface area contributed by atoms with E-state index in [9.17, 15) is 9.90 Å². The molecule has 0 amide bonds. The van der Waals surface area contributed by atoms with Crippen molar-refractivity contribution in [2.75, 3.05) is 0 Å². The van der Waals surface area contributed by atoms with Crippen molar-refractivity contribution in [3.63, 3.8) is 0 Å². The fraction of sp³-hybridized carbons (Fsp3) is 0.533. The van der Waals surface area contributed by atoms with Crippen LogP contribution in [0.4, 0.5) is 0 Å². The Morgan fingerprint density at radius 2 is 1.78 bits per heavy atom. The van der Waals surface area contributed by atoms with Crippen molar-refractivity contribution >= 4 is 5.78 Å². The third-order valence-electron chi connectivity index (χ3n) is 3.34. The van der Waals surface area contributed by atoms with Crippen LogP contribution in [0.15, 0.2) is 24.3 Å². The Hall–Kier alpha value is -1.35. The van der Waals surface area contributed by atoms with E-state index in [1.165, 1.54) is 0 Å². The highest BCUT2D eigenvalue weighted by molar-refractivity contribution is 6.02. The van der Waals surface area contributed by atoms with Crippen molar-refractivity contribution in [3.05, 3.63) is 29.8 Å². The molecule has 1 N–H and O–H groups in total. The van der Waals surface area contributed by atoms with E-state index in [0.717, 1.165) is 18.6 Å². The number of hydrogen-bond acceptors (Lipinski definition) is 3. The van der Waals surface area contributed by atoms with Crippen LogP contribution in [0.1, 0.15) is 49.9 Å². The molecule has 18 heavy (non-hydrogen) atoms. The van der Waals surface area contributed by atoms with Gasteiger partial charge in [-0.15, -0.1) is 0 Å². The van der Waals surface area contributed by atoms with Crippen LogP contribution in [0.5, 0.6) is 5.75 Å². The molecule has 98 valence electrons. The Kier molecular flexibility index (Phi) is 3.71. The van der Waals surface area contributed by atoms with Crippen LogP contribution >= 0.6 is 0 Å². The lowest BCUT2D eigenvalue weighted by Crippen LogP contribution is -2.35. The summed E-state index contributed by atoms with van der Waals surface area (Å²) in [6.45, 7) is 3.92. The number of hydrogen-bond donors (Lipinski definition) is 1. The van der Waals surface area contributed by atoms with Gasteiger partial charge in [0.05, 0.1) is 6.10 Å². The molecule has 0 saturated heterocycles. The van der Waals surface area contributed by atoms with E-state index < -0.39 is 5.60 Å². The number of carbonyl (C=O) groups is 1. The van der Waals surface area contributed by atoms with Gasteiger partial charge in [-0.25, -0.2) is 0 Å². The molecule has 1 fully saturated rings. The summed E-state index contributed by atoms with van der Waals surface area (Å²) in [6, 6.07) is 7.03. The van der Waals surface area contributed by atoms with Crippen LogP contribution in [0.25, 0.3) is 0 Å². The Balaban J connectivity index is 2.12. The molecule has 2 rings (SSSR count). The molecule has 1 saturated carbocycles. The predicted octanol–water partition coefficient (Wildman–Crippen LogP) is 2.96. The van der Waals surface area contributed by atoms with E-state index in [1.807, 2.05) is 13.8 Å². The smallest absolute Gasteiger partial charge is 0.194 e. The third kappa shape index (κ3) is 2.72. The molecule has 0 aromatic heterocycles. The lowest BCUT2D eigenvalue weighted by Gasteiger charge is -2.20. The zero-order chi connectivity index (χ0) is 13.2. The summed E-state index contributed by atoms with van der Waals surface area (Å²) >= 11 is 0. The average molecular weight is 248 g/mol. The van der Waals surface area contributed by atoms with E-state index in [4.69, 9.17) is 4.74 Å². The fourth-order valence-electron chi connectivity index (χ4n) is 2.41. The van der Waals surface area contributed by atoms with Gasteiger partial charge in [0.1, 0.15) is 11.4 Å². The van der Waals surface area contributed by atoms with Crippen molar-refractivity contribution in [1.82, 2.24) is 0 Å². The minimum atomic E-state index is -1.14. The average Bonchev–Trinajstić information content (AvgIpc) is 2.77. The zero-order valence-corrected chi connectivity index (χ0v) is 11.0. The number of aliphatic hydroxyl groups is 1. The molecule has 1 aliphatic rings. The Morgan fingerprint density at radius 1 is 1.22 bits per heavy atom. The second-order valence-corrected chi connectivity index (χ2v) is 5.26. The number of carbonyl (C=O) groups excluding carboxylic acids is 1. The summed E-state index contributed by atoms with van der Waals surface area (Å²) < 4.78 is 5.53. The standard InChI is InChI=1S/C15H20O3/c1-11(2)18-13-7-5-12(6-8-13)14(16)15(17)9-3-4-10-15/h5-8,11,17H,3-4,9-10H2,1-2H3. The lowest BCUT2D eigenvalue weighted by molar-refractivity contribution is 0.0353. The van der Waals surface area contributed by atoms with Crippen LogP contribution in [0.3, 0.4) is 0 Å². The van der Waals surface area contributed by atoms with E-state index in [0.29, 0.717) is 18.4 Å². The number of benzene rings is 1. The second kappa shape index (κ2) is 5.11.